The van der Waals surface area contributed by atoms with Crippen molar-refractivity contribution in [1.29, 1.82) is 0 Å². The highest BCUT2D eigenvalue weighted by molar-refractivity contribution is 5.87. The molecule has 2 aromatic heterocycles. The molecule has 1 saturated carbocycles. The molecule has 2 N–H and O–H groups in total. The zero-order valence-corrected chi connectivity index (χ0v) is 17.7. The number of ether oxygens (including phenoxy) is 1. The van der Waals surface area contributed by atoms with Gasteiger partial charge in [-0.3, -0.25) is 4.98 Å². The lowest BCUT2D eigenvalue weighted by atomic mass is 9.99. The molecule has 1 amide bonds. The summed E-state index contributed by atoms with van der Waals surface area (Å²) in [5, 5.41) is 0. The van der Waals surface area contributed by atoms with Gasteiger partial charge in [0.25, 0.3) is 0 Å². The Bertz CT molecular complexity index is 913. The van der Waals surface area contributed by atoms with Gasteiger partial charge < -0.3 is 20.3 Å². The molecule has 0 bridgehead atoms. The van der Waals surface area contributed by atoms with Crippen molar-refractivity contribution in [3.8, 4) is 0 Å². The van der Waals surface area contributed by atoms with Crippen molar-refractivity contribution in [3.05, 3.63) is 17.8 Å². The smallest absolute Gasteiger partial charge is 0.410 e. The lowest BCUT2D eigenvalue weighted by Gasteiger charge is -2.44. The topological polar surface area (TPSA) is 97.5 Å². The van der Waals surface area contributed by atoms with Crippen molar-refractivity contribution < 1.29 is 9.53 Å². The molecule has 8 nitrogen and oxygen atoms in total. The minimum atomic E-state index is -0.507. The van der Waals surface area contributed by atoms with E-state index in [9.17, 15) is 4.79 Å². The summed E-state index contributed by atoms with van der Waals surface area (Å²) in [7, 11) is 1.77. The van der Waals surface area contributed by atoms with Crippen LogP contribution in [0.25, 0.3) is 11.0 Å². The number of pyridine rings is 1. The average Bonchev–Trinajstić information content (AvgIpc) is 3.12. The minimum absolute atomic E-state index is 0.0638. The maximum absolute atomic E-state index is 12.3. The van der Waals surface area contributed by atoms with Gasteiger partial charge in [0.15, 0.2) is 5.82 Å². The monoisotopic (exact) mass is 398 g/mol. The molecule has 3 heterocycles. The van der Waals surface area contributed by atoms with Crippen molar-refractivity contribution in [2.45, 2.75) is 64.0 Å². The summed E-state index contributed by atoms with van der Waals surface area (Å²) >= 11 is 0. The maximum Gasteiger partial charge on any atom is 0.410 e. The van der Waals surface area contributed by atoms with Crippen molar-refractivity contribution in [2.24, 2.45) is 0 Å². The van der Waals surface area contributed by atoms with Crippen LogP contribution in [0.15, 0.2) is 12.3 Å². The Kier molecular flexibility index (Phi) is 4.96. The summed E-state index contributed by atoms with van der Waals surface area (Å²) in [4.78, 5) is 29.6. The molecule has 0 aromatic carbocycles. The molecular formula is C21H30N6O2. The fourth-order valence-corrected chi connectivity index (χ4v) is 4.10. The van der Waals surface area contributed by atoms with Gasteiger partial charge in [-0.2, -0.15) is 4.98 Å². The molecule has 156 valence electrons. The van der Waals surface area contributed by atoms with Crippen LogP contribution in [0.3, 0.4) is 0 Å². The van der Waals surface area contributed by atoms with E-state index >= 15 is 0 Å². The van der Waals surface area contributed by atoms with Gasteiger partial charge in [0.05, 0.1) is 11.6 Å². The molecule has 1 aliphatic heterocycles. The van der Waals surface area contributed by atoms with Gasteiger partial charge in [-0.15, -0.1) is 0 Å². The number of hydrogen-bond acceptors (Lipinski definition) is 7. The van der Waals surface area contributed by atoms with E-state index in [0.29, 0.717) is 19.0 Å². The third kappa shape index (κ3) is 4.06. The van der Waals surface area contributed by atoms with E-state index in [1.54, 1.807) is 11.9 Å². The summed E-state index contributed by atoms with van der Waals surface area (Å²) in [6, 6.07) is 2.18. The van der Waals surface area contributed by atoms with E-state index in [-0.39, 0.29) is 18.1 Å². The fourth-order valence-electron chi connectivity index (χ4n) is 4.10. The van der Waals surface area contributed by atoms with E-state index in [1.807, 2.05) is 27.0 Å². The molecular weight excluding hydrogens is 368 g/mol. The van der Waals surface area contributed by atoms with Crippen LogP contribution in [-0.4, -0.2) is 57.7 Å². The number of nitrogens with two attached hydrogens (primary N) is 1. The van der Waals surface area contributed by atoms with Crippen LogP contribution in [0, 0.1) is 0 Å². The van der Waals surface area contributed by atoms with E-state index < -0.39 is 5.60 Å². The Morgan fingerprint density at radius 1 is 1.24 bits per heavy atom. The van der Waals surface area contributed by atoms with Crippen LogP contribution in [0.5, 0.6) is 0 Å². The number of amides is 1. The second kappa shape index (κ2) is 7.31. The molecule has 0 atom stereocenters. The minimum Gasteiger partial charge on any atom is -0.444 e. The number of nitrogen functional groups attached to an aromatic ring is 1. The Hall–Kier alpha value is -2.64. The lowest BCUT2D eigenvalue weighted by molar-refractivity contribution is 0.0197. The summed E-state index contributed by atoms with van der Waals surface area (Å²) < 4.78 is 5.46. The van der Waals surface area contributed by atoms with Crippen LogP contribution < -0.4 is 10.6 Å². The lowest BCUT2D eigenvalue weighted by Crippen LogP contribution is -2.60. The third-order valence-corrected chi connectivity index (χ3v) is 5.77. The molecule has 0 radical (unpaired) electrons. The van der Waals surface area contributed by atoms with Crippen molar-refractivity contribution in [3.63, 3.8) is 0 Å². The predicted molar refractivity (Wildman–Crippen MR) is 113 cm³/mol. The van der Waals surface area contributed by atoms with Crippen LogP contribution >= 0.6 is 0 Å². The zero-order valence-electron chi connectivity index (χ0n) is 17.7. The van der Waals surface area contributed by atoms with Crippen molar-refractivity contribution in [2.75, 3.05) is 30.8 Å². The van der Waals surface area contributed by atoms with E-state index in [0.717, 1.165) is 16.9 Å². The van der Waals surface area contributed by atoms with Gasteiger partial charge in [0, 0.05) is 26.3 Å². The number of carbonyl (C=O) groups is 1. The van der Waals surface area contributed by atoms with Gasteiger partial charge in [0.1, 0.15) is 11.1 Å². The number of aromatic nitrogens is 3. The number of nitrogens with zero attached hydrogens (tertiary/aromatic N) is 5. The maximum atomic E-state index is 12.3. The first-order valence-electron chi connectivity index (χ1n) is 10.4. The van der Waals surface area contributed by atoms with E-state index in [1.165, 1.54) is 31.2 Å². The fraction of sp³-hybridized carbons (Fsp3) is 0.619. The Morgan fingerprint density at radius 3 is 2.59 bits per heavy atom. The summed E-state index contributed by atoms with van der Waals surface area (Å²) in [6.07, 6.45) is 6.64. The van der Waals surface area contributed by atoms with Crippen molar-refractivity contribution >= 4 is 28.9 Å². The van der Waals surface area contributed by atoms with Gasteiger partial charge in [-0.25, -0.2) is 9.78 Å². The molecule has 0 unspecified atom stereocenters. The number of anilines is 2. The molecule has 29 heavy (non-hydrogen) atoms. The van der Waals surface area contributed by atoms with E-state index in [4.69, 9.17) is 15.5 Å². The van der Waals surface area contributed by atoms with Crippen LogP contribution in [-0.2, 0) is 4.74 Å². The third-order valence-electron chi connectivity index (χ3n) is 5.77. The Morgan fingerprint density at radius 2 is 1.93 bits per heavy atom. The molecule has 4 rings (SSSR count). The predicted octanol–water partition coefficient (Wildman–Crippen LogP) is 3.32. The van der Waals surface area contributed by atoms with Crippen LogP contribution in [0.4, 0.5) is 16.6 Å². The Balaban J connectivity index is 1.51. The van der Waals surface area contributed by atoms with Crippen LogP contribution in [0.1, 0.15) is 57.9 Å². The SMILES string of the molecule is CN(C(=O)OC(C)(C)C)C1CN(c2nc(N)nc3cc(C4CCCC4)cnc23)C1. The molecule has 2 aromatic rings. The van der Waals surface area contributed by atoms with Gasteiger partial charge in [-0.1, -0.05) is 12.8 Å². The van der Waals surface area contributed by atoms with Gasteiger partial charge in [-0.05, 0) is 51.2 Å². The molecule has 0 spiro atoms. The van der Waals surface area contributed by atoms with Crippen molar-refractivity contribution in [1.82, 2.24) is 19.9 Å². The first-order valence-corrected chi connectivity index (χ1v) is 10.4. The number of likely N-dealkylation sites (N-methyl/N-ethyl adjacent to an activating group) is 1. The second-order valence-electron chi connectivity index (χ2n) is 9.17. The number of carbonyl (C=O) groups excluding carboxylic acids is 1. The zero-order chi connectivity index (χ0) is 20.8. The molecule has 1 saturated heterocycles. The molecule has 1 aliphatic carbocycles. The summed E-state index contributed by atoms with van der Waals surface area (Å²) in [6.45, 7) is 6.92. The highest BCUT2D eigenvalue weighted by Crippen LogP contribution is 2.36. The molecule has 2 aliphatic rings. The molecule has 2 fully saturated rings. The largest absolute Gasteiger partial charge is 0.444 e. The summed E-state index contributed by atoms with van der Waals surface area (Å²) in [5.74, 6) is 1.56. The number of rotatable bonds is 3. The average molecular weight is 399 g/mol. The first-order chi connectivity index (χ1) is 13.7. The highest BCUT2D eigenvalue weighted by Gasteiger charge is 2.36. The quantitative estimate of drug-likeness (QED) is 0.847. The normalized spacial score (nSPS) is 18.1. The van der Waals surface area contributed by atoms with Crippen LogP contribution in [0.2, 0.25) is 0 Å². The highest BCUT2D eigenvalue weighted by atomic mass is 16.6. The standard InChI is InChI=1S/C21H30N6O2/c1-21(2,3)29-20(28)26(4)15-11-27(12-15)18-17-16(24-19(22)25-18)9-14(10-23-17)13-7-5-6-8-13/h9-10,13,15H,5-8,11-12H2,1-4H3,(H2,22,24,25). The summed E-state index contributed by atoms with van der Waals surface area (Å²) in [5.41, 5.74) is 8.29. The van der Waals surface area contributed by atoms with Gasteiger partial charge >= 0.3 is 6.09 Å². The number of fused-ring (bicyclic) bond motifs is 1. The number of hydrogen-bond donors (Lipinski definition) is 1. The van der Waals surface area contributed by atoms with E-state index in [2.05, 4.69) is 20.9 Å². The first kappa shape index (κ1) is 19.7. The van der Waals surface area contributed by atoms with Gasteiger partial charge in [0.2, 0.25) is 5.95 Å². The molecule has 8 heteroatoms. The second-order valence-corrected chi connectivity index (χ2v) is 9.17. The Labute approximate surface area is 171 Å².